The maximum absolute atomic E-state index is 5.88. The second kappa shape index (κ2) is 6.46. The normalized spacial score (nSPS) is 19.4. The van der Waals surface area contributed by atoms with E-state index in [0.717, 1.165) is 17.1 Å². The van der Waals surface area contributed by atoms with Gasteiger partial charge in [0.1, 0.15) is 11.5 Å². The number of hydrogen-bond acceptors (Lipinski definition) is 4. The van der Waals surface area contributed by atoms with Gasteiger partial charge in [0.25, 0.3) is 0 Å². The van der Waals surface area contributed by atoms with E-state index in [1.807, 2.05) is 12.1 Å². The summed E-state index contributed by atoms with van der Waals surface area (Å²) in [5, 5.41) is 0. The van der Waals surface area contributed by atoms with Crippen molar-refractivity contribution in [3.8, 4) is 11.5 Å². The molecule has 1 unspecified atom stereocenters. The van der Waals surface area contributed by atoms with E-state index in [-0.39, 0.29) is 11.5 Å². The molecule has 0 bridgehead atoms. The zero-order valence-electron chi connectivity index (χ0n) is 12.7. The Morgan fingerprint density at radius 2 is 1.85 bits per heavy atom. The quantitative estimate of drug-likeness (QED) is 0.641. The molecule has 1 aromatic carbocycles. The van der Waals surface area contributed by atoms with Crippen molar-refractivity contribution in [3.05, 3.63) is 23.8 Å². The highest BCUT2D eigenvalue weighted by Gasteiger charge is 2.37. The Kier molecular flexibility index (Phi) is 4.89. The van der Waals surface area contributed by atoms with Crippen LogP contribution in [0.4, 0.5) is 0 Å². The average Bonchev–Trinajstić information content (AvgIpc) is 2.48. The molecule has 1 aliphatic carbocycles. The first-order chi connectivity index (χ1) is 9.64. The molecule has 0 spiro atoms. The fourth-order valence-corrected chi connectivity index (χ4v) is 3.37. The van der Waals surface area contributed by atoms with Crippen molar-refractivity contribution in [1.82, 2.24) is 5.43 Å². The predicted molar refractivity (Wildman–Crippen MR) is 80.8 cm³/mol. The molecule has 1 aromatic rings. The molecular weight excluding hydrogens is 252 g/mol. The summed E-state index contributed by atoms with van der Waals surface area (Å²) < 4.78 is 10.8. The van der Waals surface area contributed by atoms with Gasteiger partial charge < -0.3 is 9.47 Å². The molecule has 112 valence electrons. The van der Waals surface area contributed by atoms with Crippen LogP contribution in [0, 0.1) is 5.41 Å². The van der Waals surface area contributed by atoms with Gasteiger partial charge in [-0.2, -0.15) is 0 Å². The molecule has 1 aliphatic rings. The number of methoxy groups -OCH3 is 2. The number of rotatable bonds is 5. The number of hydrazine groups is 1. The summed E-state index contributed by atoms with van der Waals surface area (Å²) in [6.45, 7) is 2.32. The van der Waals surface area contributed by atoms with Crippen LogP contribution in [0.15, 0.2) is 18.2 Å². The van der Waals surface area contributed by atoms with Crippen molar-refractivity contribution < 1.29 is 9.47 Å². The van der Waals surface area contributed by atoms with Gasteiger partial charge >= 0.3 is 0 Å². The maximum atomic E-state index is 5.88. The Hall–Kier alpha value is -1.26. The van der Waals surface area contributed by atoms with Gasteiger partial charge in [-0.1, -0.05) is 26.2 Å². The maximum Gasteiger partial charge on any atom is 0.127 e. The summed E-state index contributed by atoms with van der Waals surface area (Å²) in [4.78, 5) is 0. The molecular formula is C16H26N2O2. The molecule has 1 atom stereocenters. The van der Waals surface area contributed by atoms with Crippen LogP contribution in [0.5, 0.6) is 11.5 Å². The summed E-state index contributed by atoms with van der Waals surface area (Å²) >= 11 is 0. The second-order valence-electron chi connectivity index (χ2n) is 5.92. The molecule has 0 aliphatic heterocycles. The molecule has 0 aromatic heterocycles. The van der Waals surface area contributed by atoms with Gasteiger partial charge in [0.2, 0.25) is 0 Å². The fraction of sp³-hybridized carbons (Fsp3) is 0.625. The number of benzene rings is 1. The first-order valence-corrected chi connectivity index (χ1v) is 7.32. The molecule has 1 fully saturated rings. The van der Waals surface area contributed by atoms with Crippen molar-refractivity contribution >= 4 is 0 Å². The highest BCUT2D eigenvalue weighted by molar-refractivity contribution is 5.43. The lowest BCUT2D eigenvalue weighted by Gasteiger charge is -2.41. The third-order valence-electron chi connectivity index (χ3n) is 4.61. The molecule has 0 heterocycles. The van der Waals surface area contributed by atoms with Crippen LogP contribution < -0.4 is 20.7 Å². The Labute approximate surface area is 121 Å². The molecule has 3 N–H and O–H groups in total. The van der Waals surface area contributed by atoms with E-state index < -0.39 is 0 Å². The van der Waals surface area contributed by atoms with E-state index in [4.69, 9.17) is 15.3 Å². The second-order valence-corrected chi connectivity index (χ2v) is 5.92. The minimum absolute atomic E-state index is 0.101. The molecule has 20 heavy (non-hydrogen) atoms. The van der Waals surface area contributed by atoms with Crippen LogP contribution in [0.1, 0.15) is 50.6 Å². The van der Waals surface area contributed by atoms with E-state index in [2.05, 4.69) is 18.4 Å². The Morgan fingerprint density at radius 3 is 2.40 bits per heavy atom. The minimum Gasteiger partial charge on any atom is -0.497 e. The van der Waals surface area contributed by atoms with Crippen molar-refractivity contribution in [3.63, 3.8) is 0 Å². The number of nitrogens with two attached hydrogens (primary N) is 1. The third kappa shape index (κ3) is 2.91. The Morgan fingerprint density at radius 1 is 1.15 bits per heavy atom. The lowest BCUT2D eigenvalue weighted by molar-refractivity contribution is 0.143. The van der Waals surface area contributed by atoms with Gasteiger partial charge in [-0.25, -0.2) is 0 Å². The molecule has 4 nitrogen and oxygen atoms in total. The summed E-state index contributed by atoms with van der Waals surface area (Å²) in [5.41, 5.74) is 4.31. The zero-order chi connectivity index (χ0) is 14.6. The van der Waals surface area contributed by atoms with Crippen molar-refractivity contribution in [1.29, 1.82) is 0 Å². The van der Waals surface area contributed by atoms with Crippen LogP contribution in [0.2, 0.25) is 0 Å². The van der Waals surface area contributed by atoms with Crippen LogP contribution in [-0.4, -0.2) is 14.2 Å². The number of hydrogen-bond donors (Lipinski definition) is 2. The Bertz CT molecular complexity index is 442. The van der Waals surface area contributed by atoms with Crippen LogP contribution in [0.25, 0.3) is 0 Å². The predicted octanol–water partition coefficient (Wildman–Crippen LogP) is 3.18. The summed E-state index contributed by atoms with van der Waals surface area (Å²) in [7, 11) is 3.35. The topological polar surface area (TPSA) is 56.5 Å². The Balaban J connectivity index is 2.35. The molecule has 4 heteroatoms. The third-order valence-corrected chi connectivity index (χ3v) is 4.61. The van der Waals surface area contributed by atoms with Crippen LogP contribution in [-0.2, 0) is 0 Å². The van der Waals surface area contributed by atoms with Crippen molar-refractivity contribution in [2.24, 2.45) is 11.3 Å². The van der Waals surface area contributed by atoms with Gasteiger partial charge in [-0.15, -0.1) is 0 Å². The summed E-state index contributed by atoms with van der Waals surface area (Å²) in [6, 6.07) is 6.05. The van der Waals surface area contributed by atoms with Gasteiger partial charge in [-0.3, -0.25) is 11.3 Å². The molecule has 2 rings (SSSR count). The fourth-order valence-electron chi connectivity index (χ4n) is 3.37. The average molecular weight is 278 g/mol. The van der Waals surface area contributed by atoms with Gasteiger partial charge in [0.15, 0.2) is 0 Å². The monoisotopic (exact) mass is 278 g/mol. The summed E-state index contributed by atoms with van der Waals surface area (Å²) in [5.74, 6) is 7.51. The molecule has 0 radical (unpaired) electrons. The van der Waals surface area contributed by atoms with Crippen LogP contribution in [0.3, 0.4) is 0 Å². The minimum atomic E-state index is 0.101. The lowest BCUT2D eigenvalue weighted by Crippen LogP contribution is -2.41. The highest BCUT2D eigenvalue weighted by Crippen LogP contribution is 2.47. The zero-order valence-corrected chi connectivity index (χ0v) is 12.7. The van der Waals surface area contributed by atoms with E-state index in [9.17, 15) is 0 Å². The highest BCUT2D eigenvalue weighted by atomic mass is 16.5. The smallest absolute Gasteiger partial charge is 0.127 e. The van der Waals surface area contributed by atoms with Crippen LogP contribution >= 0.6 is 0 Å². The first-order valence-electron chi connectivity index (χ1n) is 7.32. The summed E-state index contributed by atoms with van der Waals surface area (Å²) in [6.07, 6.45) is 6.25. The van der Waals surface area contributed by atoms with Crippen molar-refractivity contribution in [2.45, 2.75) is 45.1 Å². The largest absolute Gasteiger partial charge is 0.497 e. The van der Waals surface area contributed by atoms with E-state index in [1.165, 1.54) is 32.1 Å². The molecule has 0 amide bonds. The van der Waals surface area contributed by atoms with Gasteiger partial charge in [0, 0.05) is 11.6 Å². The standard InChI is InChI=1S/C16H26N2O2/c1-16(9-5-4-6-10-16)15(18-17)13-8-7-12(19-2)11-14(13)20-3/h7-8,11,15,18H,4-6,9-10,17H2,1-3H3. The van der Waals surface area contributed by atoms with E-state index in [1.54, 1.807) is 14.2 Å². The number of nitrogens with one attached hydrogen (secondary N) is 1. The first kappa shape index (κ1) is 15.1. The van der Waals surface area contributed by atoms with E-state index >= 15 is 0 Å². The van der Waals surface area contributed by atoms with E-state index in [0.29, 0.717) is 0 Å². The SMILES string of the molecule is COc1ccc(C(NN)C2(C)CCCCC2)c(OC)c1. The lowest BCUT2D eigenvalue weighted by atomic mass is 9.68. The number of ether oxygens (including phenoxy) is 2. The molecule has 1 saturated carbocycles. The van der Waals surface area contributed by atoms with Gasteiger partial charge in [0.05, 0.1) is 20.3 Å². The van der Waals surface area contributed by atoms with Gasteiger partial charge in [-0.05, 0) is 30.4 Å². The van der Waals surface area contributed by atoms with Crippen molar-refractivity contribution in [2.75, 3.05) is 14.2 Å². The molecule has 0 saturated heterocycles.